The third kappa shape index (κ3) is 4.38. The standard InChI is InChI=1S/C12H15F2NO/c1-12(2,3)8-15-16-7-9-4-5-10(13)11(14)6-9/h4-6,8H,7H2,1-3H3. The van der Waals surface area contributed by atoms with E-state index < -0.39 is 11.6 Å². The van der Waals surface area contributed by atoms with E-state index in [0.717, 1.165) is 12.1 Å². The van der Waals surface area contributed by atoms with Gasteiger partial charge >= 0.3 is 0 Å². The molecule has 1 rings (SSSR count). The average Bonchev–Trinajstić information content (AvgIpc) is 2.17. The molecule has 4 heteroatoms. The normalized spacial score (nSPS) is 12.1. The maximum atomic E-state index is 12.8. The van der Waals surface area contributed by atoms with Crippen LogP contribution >= 0.6 is 0 Å². The molecule has 1 aromatic rings. The van der Waals surface area contributed by atoms with Crippen molar-refractivity contribution >= 4 is 6.21 Å². The molecule has 0 saturated carbocycles. The van der Waals surface area contributed by atoms with Crippen molar-refractivity contribution in [1.29, 1.82) is 0 Å². The highest BCUT2D eigenvalue weighted by Crippen LogP contribution is 2.11. The van der Waals surface area contributed by atoms with Crippen LogP contribution in [0.1, 0.15) is 26.3 Å². The van der Waals surface area contributed by atoms with Crippen molar-refractivity contribution in [2.75, 3.05) is 0 Å². The maximum Gasteiger partial charge on any atom is 0.159 e. The fraction of sp³-hybridized carbons (Fsp3) is 0.417. The molecule has 88 valence electrons. The second-order valence-corrected chi connectivity index (χ2v) is 4.62. The summed E-state index contributed by atoms with van der Waals surface area (Å²) in [6, 6.07) is 3.63. The molecule has 0 amide bonds. The Bertz CT molecular complexity index is 383. The fourth-order valence-corrected chi connectivity index (χ4v) is 0.937. The molecule has 0 atom stereocenters. The first kappa shape index (κ1) is 12.6. The van der Waals surface area contributed by atoms with Crippen LogP contribution in [0, 0.1) is 17.0 Å². The summed E-state index contributed by atoms with van der Waals surface area (Å²) in [4.78, 5) is 4.97. The van der Waals surface area contributed by atoms with Crippen LogP contribution in [0.4, 0.5) is 8.78 Å². The van der Waals surface area contributed by atoms with Gasteiger partial charge in [-0.2, -0.15) is 0 Å². The Balaban J connectivity index is 2.50. The summed E-state index contributed by atoms with van der Waals surface area (Å²) in [5, 5.41) is 3.75. The van der Waals surface area contributed by atoms with E-state index in [1.54, 1.807) is 6.21 Å². The van der Waals surface area contributed by atoms with Crippen LogP contribution in [0.2, 0.25) is 0 Å². The van der Waals surface area contributed by atoms with Crippen molar-refractivity contribution in [3.8, 4) is 0 Å². The minimum atomic E-state index is -0.874. The zero-order valence-corrected chi connectivity index (χ0v) is 9.63. The van der Waals surface area contributed by atoms with Gasteiger partial charge in [-0.3, -0.25) is 0 Å². The summed E-state index contributed by atoms with van der Waals surface area (Å²) in [5.74, 6) is -1.73. The van der Waals surface area contributed by atoms with Gasteiger partial charge in [-0.15, -0.1) is 0 Å². The van der Waals surface area contributed by atoms with Gasteiger partial charge in [0.15, 0.2) is 11.6 Å². The second kappa shape index (κ2) is 5.05. The first-order valence-corrected chi connectivity index (χ1v) is 4.99. The number of rotatable bonds is 3. The van der Waals surface area contributed by atoms with Crippen LogP contribution in [0.15, 0.2) is 23.4 Å². The summed E-state index contributed by atoms with van der Waals surface area (Å²) in [5.41, 5.74) is 0.485. The molecule has 0 radical (unpaired) electrons. The summed E-state index contributed by atoms with van der Waals surface area (Å²) in [6.45, 7) is 6.08. The Morgan fingerprint density at radius 3 is 2.50 bits per heavy atom. The Labute approximate surface area is 93.9 Å². The van der Waals surface area contributed by atoms with Crippen LogP contribution in [-0.4, -0.2) is 6.21 Å². The molecule has 0 bridgehead atoms. The van der Waals surface area contributed by atoms with Crippen LogP contribution in [0.25, 0.3) is 0 Å². The number of halogens is 2. The van der Waals surface area contributed by atoms with Gasteiger partial charge in [-0.05, 0) is 17.7 Å². The molecule has 0 spiro atoms. The van der Waals surface area contributed by atoms with Gasteiger partial charge in [0.05, 0.1) is 0 Å². The van der Waals surface area contributed by atoms with Gasteiger partial charge in [0.1, 0.15) is 6.61 Å². The van der Waals surface area contributed by atoms with Crippen molar-refractivity contribution in [1.82, 2.24) is 0 Å². The highest BCUT2D eigenvalue weighted by atomic mass is 19.2. The highest BCUT2D eigenvalue weighted by molar-refractivity contribution is 5.63. The quantitative estimate of drug-likeness (QED) is 0.572. The smallest absolute Gasteiger partial charge is 0.159 e. The van der Waals surface area contributed by atoms with Crippen LogP contribution in [0.5, 0.6) is 0 Å². The van der Waals surface area contributed by atoms with E-state index >= 15 is 0 Å². The second-order valence-electron chi connectivity index (χ2n) is 4.62. The first-order valence-electron chi connectivity index (χ1n) is 4.99. The molecule has 0 aliphatic rings. The monoisotopic (exact) mass is 227 g/mol. The van der Waals surface area contributed by atoms with Crippen LogP contribution < -0.4 is 0 Å². The largest absolute Gasteiger partial charge is 0.391 e. The zero-order chi connectivity index (χ0) is 12.2. The van der Waals surface area contributed by atoms with E-state index in [4.69, 9.17) is 4.84 Å². The zero-order valence-electron chi connectivity index (χ0n) is 9.63. The van der Waals surface area contributed by atoms with E-state index in [9.17, 15) is 8.78 Å². The molecule has 0 heterocycles. The number of hydrogen-bond donors (Lipinski definition) is 0. The molecular weight excluding hydrogens is 212 g/mol. The predicted molar refractivity (Wildman–Crippen MR) is 59.1 cm³/mol. The molecule has 16 heavy (non-hydrogen) atoms. The lowest BCUT2D eigenvalue weighted by atomic mass is 10.00. The van der Waals surface area contributed by atoms with E-state index in [-0.39, 0.29) is 12.0 Å². The third-order valence-electron chi connectivity index (χ3n) is 1.73. The Hall–Kier alpha value is -1.45. The lowest BCUT2D eigenvalue weighted by molar-refractivity contribution is 0.129. The van der Waals surface area contributed by atoms with Gasteiger partial charge in [0.2, 0.25) is 0 Å². The van der Waals surface area contributed by atoms with Gasteiger partial charge in [0, 0.05) is 11.6 Å². The molecule has 0 N–H and O–H groups in total. The minimum Gasteiger partial charge on any atom is -0.391 e. The molecule has 2 nitrogen and oxygen atoms in total. The highest BCUT2D eigenvalue weighted by Gasteiger charge is 2.05. The van der Waals surface area contributed by atoms with E-state index in [2.05, 4.69) is 5.16 Å². The van der Waals surface area contributed by atoms with Crippen molar-refractivity contribution < 1.29 is 13.6 Å². The van der Waals surface area contributed by atoms with Gasteiger partial charge < -0.3 is 4.84 Å². The summed E-state index contributed by atoms with van der Waals surface area (Å²) in [7, 11) is 0. The molecule has 0 fully saturated rings. The Morgan fingerprint density at radius 1 is 1.25 bits per heavy atom. The van der Waals surface area contributed by atoms with Crippen molar-refractivity contribution in [3.05, 3.63) is 35.4 Å². The lowest BCUT2D eigenvalue weighted by Crippen LogP contribution is -2.06. The van der Waals surface area contributed by atoms with Gasteiger partial charge in [-0.25, -0.2) is 8.78 Å². The summed E-state index contributed by atoms with van der Waals surface area (Å²) in [6.07, 6.45) is 1.66. The van der Waals surface area contributed by atoms with Gasteiger partial charge in [0.25, 0.3) is 0 Å². The van der Waals surface area contributed by atoms with Crippen LogP contribution in [0.3, 0.4) is 0 Å². The molecule has 1 aromatic carbocycles. The molecule has 0 aliphatic carbocycles. The van der Waals surface area contributed by atoms with Gasteiger partial charge in [-0.1, -0.05) is 32.0 Å². The van der Waals surface area contributed by atoms with Crippen molar-refractivity contribution in [2.45, 2.75) is 27.4 Å². The summed E-state index contributed by atoms with van der Waals surface area (Å²) < 4.78 is 25.4. The van der Waals surface area contributed by atoms with Crippen LogP contribution in [-0.2, 0) is 11.4 Å². The third-order valence-corrected chi connectivity index (χ3v) is 1.73. The van der Waals surface area contributed by atoms with Crippen molar-refractivity contribution in [3.63, 3.8) is 0 Å². The average molecular weight is 227 g/mol. The fourth-order valence-electron chi connectivity index (χ4n) is 0.937. The first-order chi connectivity index (χ1) is 7.38. The van der Waals surface area contributed by atoms with E-state index in [0.29, 0.717) is 5.56 Å². The molecule has 0 unspecified atom stereocenters. The SMILES string of the molecule is CC(C)(C)C=NOCc1ccc(F)c(F)c1. The summed E-state index contributed by atoms with van der Waals surface area (Å²) >= 11 is 0. The Morgan fingerprint density at radius 2 is 1.94 bits per heavy atom. The van der Waals surface area contributed by atoms with E-state index in [1.807, 2.05) is 20.8 Å². The predicted octanol–water partition coefficient (Wildman–Crippen LogP) is 3.51. The van der Waals surface area contributed by atoms with Crippen molar-refractivity contribution in [2.24, 2.45) is 10.6 Å². The minimum absolute atomic E-state index is 0.0615. The number of benzene rings is 1. The molecule has 0 aliphatic heterocycles. The molecule has 0 saturated heterocycles. The lowest BCUT2D eigenvalue weighted by Gasteiger charge is -2.09. The number of oxime groups is 1. The number of hydrogen-bond acceptors (Lipinski definition) is 2. The maximum absolute atomic E-state index is 12.8. The number of nitrogens with zero attached hydrogens (tertiary/aromatic N) is 1. The topological polar surface area (TPSA) is 21.6 Å². The Kier molecular flexibility index (Phi) is 3.99. The molecular formula is C12H15F2NO. The molecule has 0 aromatic heterocycles. The van der Waals surface area contributed by atoms with E-state index in [1.165, 1.54) is 6.07 Å².